The second-order valence-corrected chi connectivity index (χ2v) is 8.03. The number of esters is 1. The SMILES string of the molecule is C.CCOC(=O)CCN(C(=O)c1ccc2c(c1)nc(CNc1ccc(C#N)cc1)n2C)c1ccccn1. The van der Waals surface area contributed by atoms with Crippen molar-refractivity contribution in [2.24, 2.45) is 7.05 Å². The van der Waals surface area contributed by atoms with Crippen molar-refractivity contribution < 1.29 is 14.3 Å². The third-order valence-corrected chi connectivity index (χ3v) is 5.70. The third kappa shape index (κ3) is 6.30. The highest BCUT2D eigenvalue weighted by molar-refractivity contribution is 6.07. The molecule has 2 aromatic carbocycles. The van der Waals surface area contributed by atoms with E-state index in [1.165, 1.54) is 4.90 Å². The number of fused-ring (bicyclic) bond motifs is 1. The van der Waals surface area contributed by atoms with Crippen LogP contribution >= 0.6 is 0 Å². The average Bonchev–Trinajstić information content (AvgIpc) is 3.23. The van der Waals surface area contributed by atoms with E-state index >= 15 is 0 Å². The number of imidazole rings is 1. The van der Waals surface area contributed by atoms with Crippen LogP contribution in [-0.4, -0.2) is 39.6 Å². The molecular formula is C28H30N6O3. The molecule has 0 bridgehead atoms. The van der Waals surface area contributed by atoms with Crippen LogP contribution in [0.3, 0.4) is 0 Å². The molecule has 1 N–H and O–H groups in total. The fourth-order valence-corrected chi connectivity index (χ4v) is 3.81. The van der Waals surface area contributed by atoms with Crippen molar-refractivity contribution in [1.29, 1.82) is 5.26 Å². The minimum absolute atomic E-state index is 0. The first-order chi connectivity index (χ1) is 17.5. The summed E-state index contributed by atoms with van der Waals surface area (Å²) in [6.45, 7) is 2.65. The van der Waals surface area contributed by atoms with Gasteiger partial charge >= 0.3 is 5.97 Å². The van der Waals surface area contributed by atoms with E-state index in [9.17, 15) is 9.59 Å². The van der Waals surface area contributed by atoms with Gasteiger partial charge in [-0.25, -0.2) is 9.97 Å². The van der Waals surface area contributed by atoms with Crippen molar-refractivity contribution in [3.05, 3.63) is 83.8 Å². The molecule has 0 unspecified atom stereocenters. The summed E-state index contributed by atoms with van der Waals surface area (Å²) < 4.78 is 6.99. The molecule has 190 valence electrons. The molecule has 9 nitrogen and oxygen atoms in total. The number of carbonyl (C=O) groups excluding carboxylic acids is 2. The first kappa shape index (κ1) is 26.9. The predicted octanol–water partition coefficient (Wildman–Crippen LogP) is 4.69. The number of nitrogens with zero attached hydrogens (tertiary/aromatic N) is 5. The van der Waals surface area contributed by atoms with Crippen molar-refractivity contribution in [3.8, 4) is 6.07 Å². The number of ether oxygens (including phenoxy) is 1. The number of rotatable bonds is 9. The van der Waals surface area contributed by atoms with Gasteiger partial charge in [-0.1, -0.05) is 13.5 Å². The first-order valence-corrected chi connectivity index (χ1v) is 11.6. The number of aryl methyl sites for hydroxylation is 1. The molecule has 37 heavy (non-hydrogen) atoms. The quantitative estimate of drug-likeness (QED) is 0.333. The average molecular weight is 499 g/mol. The molecule has 0 aliphatic carbocycles. The minimum atomic E-state index is -0.370. The molecule has 0 saturated heterocycles. The van der Waals surface area contributed by atoms with Crippen LogP contribution in [0.5, 0.6) is 0 Å². The summed E-state index contributed by atoms with van der Waals surface area (Å²) in [6, 6.07) is 20.0. The number of benzene rings is 2. The van der Waals surface area contributed by atoms with E-state index in [0.29, 0.717) is 29.0 Å². The second-order valence-electron chi connectivity index (χ2n) is 8.03. The van der Waals surface area contributed by atoms with E-state index in [-0.39, 0.29) is 38.9 Å². The number of amides is 1. The Morgan fingerprint density at radius 3 is 2.59 bits per heavy atom. The lowest BCUT2D eigenvalue weighted by Gasteiger charge is -2.21. The maximum absolute atomic E-state index is 13.5. The van der Waals surface area contributed by atoms with E-state index < -0.39 is 0 Å². The molecule has 0 atom stereocenters. The first-order valence-electron chi connectivity index (χ1n) is 11.6. The zero-order chi connectivity index (χ0) is 25.5. The highest BCUT2D eigenvalue weighted by Crippen LogP contribution is 2.21. The Morgan fingerprint density at radius 2 is 1.92 bits per heavy atom. The zero-order valence-corrected chi connectivity index (χ0v) is 20.1. The molecule has 4 aromatic rings. The van der Waals surface area contributed by atoms with Crippen LogP contribution in [0.15, 0.2) is 66.9 Å². The van der Waals surface area contributed by atoms with Gasteiger partial charge in [0.25, 0.3) is 5.91 Å². The van der Waals surface area contributed by atoms with E-state index in [0.717, 1.165) is 17.0 Å². The monoisotopic (exact) mass is 498 g/mol. The lowest BCUT2D eigenvalue weighted by Crippen LogP contribution is -2.34. The molecule has 2 heterocycles. The normalized spacial score (nSPS) is 10.3. The Balaban J connectivity index is 0.00000380. The standard InChI is InChI=1S/C27H26N6O3.CH4/c1-3-36-26(34)13-15-33(24-6-4-5-14-29-24)27(35)20-9-12-23-22(16-20)31-25(32(23)2)18-30-21-10-7-19(17-28)8-11-21;/h4-12,14,16,30H,3,13,15,18H2,1-2H3;1H4. The van der Waals surface area contributed by atoms with Gasteiger partial charge in [0, 0.05) is 31.0 Å². The molecule has 0 spiro atoms. The highest BCUT2D eigenvalue weighted by atomic mass is 16.5. The summed E-state index contributed by atoms with van der Waals surface area (Å²) in [5, 5.41) is 12.3. The number of hydrogen-bond acceptors (Lipinski definition) is 7. The topological polar surface area (TPSA) is 113 Å². The van der Waals surface area contributed by atoms with Gasteiger partial charge in [-0.2, -0.15) is 5.26 Å². The van der Waals surface area contributed by atoms with Crippen LogP contribution in [0, 0.1) is 11.3 Å². The van der Waals surface area contributed by atoms with Gasteiger partial charge < -0.3 is 14.6 Å². The van der Waals surface area contributed by atoms with Crippen LogP contribution in [0.2, 0.25) is 0 Å². The summed E-state index contributed by atoms with van der Waals surface area (Å²) in [5.41, 5.74) is 3.50. The molecule has 0 fully saturated rings. The van der Waals surface area contributed by atoms with Crippen molar-refractivity contribution in [1.82, 2.24) is 14.5 Å². The molecule has 9 heteroatoms. The Hall–Kier alpha value is -4.71. The summed E-state index contributed by atoms with van der Waals surface area (Å²) in [5.74, 6) is 0.608. The van der Waals surface area contributed by atoms with E-state index in [2.05, 4.69) is 16.4 Å². The van der Waals surface area contributed by atoms with Gasteiger partial charge in [0.05, 0.1) is 42.2 Å². The number of nitrogens with one attached hydrogen (secondary N) is 1. The maximum Gasteiger partial charge on any atom is 0.307 e. The van der Waals surface area contributed by atoms with Gasteiger partial charge in [-0.05, 0) is 61.5 Å². The van der Waals surface area contributed by atoms with Gasteiger partial charge in [0.1, 0.15) is 11.6 Å². The third-order valence-electron chi connectivity index (χ3n) is 5.70. The molecule has 0 aliphatic rings. The molecule has 0 aliphatic heterocycles. The molecule has 2 aromatic heterocycles. The molecule has 0 saturated carbocycles. The number of hydrogen-bond donors (Lipinski definition) is 1. The number of carbonyl (C=O) groups is 2. The Labute approximate surface area is 216 Å². The minimum Gasteiger partial charge on any atom is -0.466 e. The second kappa shape index (κ2) is 12.3. The summed E-state index contributed by atoms with van der Waals surface area (Å²) in [7, 11) is 1.92. The predicted molar refractivity (Wildman–Crippen MR) is 143 cm³/mol. The van der Waals surface area contributed by atoms with Crippen LogP contribution in [0.1, 0.15) is 42.5 Å². The fraction of sp³-hybridized carbons (Fsp3) is 0.250. The van der Waals surface area contributed by atoms with Crippen LogP contribution in [-0.2, 0) is 23.1 Å². The lowest BCUT2D eigenvalue weighted by atomic mass is 10.1. The lowest BCUT2D eigenvalue weighted by molar-refractivity contribution is -0.142. The van der Waals surface area contributed by atoms with Gasteiger partial charge in [0.2, 0.25) is 0 Å². The highest BCUT2D eigenvalue weighted by Gasteiger charge is 2.21. The fourth-order valence-electron chi connectivity index (χ4n) is 3.81. The van der Waals surface area contributed by atoms with Crippen molar-refractivity contribution in [3.63, 3.8) is 0 Å². The van der Waals surface area contributed by atoms with Gasteiger partial charge in [-0.3, -0.25) is 14.5 Å². The Bertz CT molecular complexity index is 1410. The van der Waals surface area contributed by atoms with Gasteiger partial charge in [0.15, 0.2) is 0 Å². The van der Waals surface area contributed by atoms with Crippen molar-refractivity contribution in [2.75, 3.05) is 23.4 Å². The summed E-state index contributed by atoms with van der Waals surface area (Å²) in [6.07, 6.45) is 1.67. The van der Waals surface area contributed by atoms with Crippen LogP contribution in [0.4, 0.5) is 11.5 Å². The number of nitriles is 1. The van der Waals surface area contributed by atoms with E-state index in [1.807, 2.05) is 29.8 Å². The molecule has 0 radical (unpaired) electrons. The van der Waals surface area contributed by atoms with E-state index in [4.69, 9.17) is 15.0 Å². The van der Waals surface area contributed by atoms with Crippen molar-refractivity contribution in [2.45, 2.75) is 27.3 Å². The number of aromatic nitrogens is 3. The smallest absolute Gasteiger partial charge is 0.307 e. The number of anilines is 2. The summed E-state index contributed by atoms with van der Waals surface area (Å²) >= 11 is 0. The zero-order valence-electron chi connectivity index (χ0n) is 20.1. The number of pyridine rings is 1. The van der Waals surface area contributed by atoms with Crippen LogP contribution in [0.25, 0.3) is 11.0 Å². The Morgan fingerprint density at radius 1 is 1.14 bits per heavy atom. The Kier molecular flexibility index (Phi) is 8.95. The van der Waals surface area contributed by atoms with Crippen LogP contribution < -0.4 is 10.2 Å². The van der Waals surface area contributed by atoms with E-state index in [1.54, 1.807) is 55.6 Å². The largest absolute Gasteiger partial charge is 0.466 e. The molecule has 1 amide bonds. The van der Waals surface area contributed by atoms with Gasteiger partial charge in [-0.15, -0.1) is 0 Å². The maximum atomic E-state index is 13.5. The summed E-state index contributed by atoms with van der Waals surface area (Å²) in [4.78, 5) is 35.9. The van der Waals surface area contributed by atoms with Crippen molar-refractivity contribution >= 4 is 34.4 Å². The molecular weight excluding hydrogens is 468 g/mol. The molecule has 4 rings (SSSR count).